The van der Waals surface area contributed by atoms with E-state index in [0.717, 1.165) is 11.4 Å². The standard InChI is InChI=1S/C16H23N3O/c1-9(2)7-12-13(16(12,5)6)14(20)19-15-17-10(3)8-11(4)18-15/h7-8,12-13H,1-6H3,(H,17,18,19,20)/t12-,13+/m1/s1. The van der Waals surface area contributed by atoms with Crippen LogP contribution in [0.3, 0.4) is 0 Å². The van der Waals surface area contributed by atoms with Crippen LogP contribution in [-0.2, 0) is 4.79 Å². The third kappa shape index (κ3) is 2.89. The number of anilines is 1. The van der Waals surface area contributed by atoms with E-state index in [9.17, 15) is 4.79 Å². The average Bonchev–Trinajstić information content (AvgIpc) is 2.77. The van der Waals surface area contributed by atoms with Gasteiger partial charge < -0.3 is 0 Å². The summed E-state index contributed by atoms with van der Waals surface area (Å²) in [5.74, 6) is 0.730. The Morgan fingerprint density at radius 2 is 1.80 bits per heavy atom. The highest BCUT2D eigenvalue weighted by Gasteiger charge is 2.60. The molecule has 108 valence electrons. The van der Waals surface area contributed by atoms with E-state index in [1.807, 2.05) is 19.9 Å². The van der Waals surface area contributed by atoms with Crippen LogP contribution in [0.5, 0.6) is 0 Å². The molecular weight excluding hydrogens is 250 g/mol. The number of nitrogens with zero attached hydrogens (tertiary/aromatic N) is 2. The lowest BCUT2D eigenvalue weighted by molar-refractivity contribution is -0.118. The molecule has 0 spiro atoms. The number of allylic oxidation sites excluding steroid dienone is 2. The highest BCUT2D eigenvalue weighted by molar-refractivity contribution is 5.94. The Bertz CT molecular complexity index is 551. The molecule has 2 rings (SSSR count). The van der Waals surface area contributed by atoms with Crippen molar-refractivity contribution in [3.8, 4) is 0 Å². The van der Waals surface area contributed by atoms with Crippen LogP contribution in [0.4, 0.5) is 5.95 Å². The summed E-state index contributed by atoms with van der Waals surface area (Å²) >= 11 is 0. The molecule has 0 aromatic carbocycles. The summed E-state index contributed by atoms with van der Waals surface area (Å²) in [6.07, 6.45) is 2.19. The van der Waals surface area contributed by atoms with Crippen LogP contribution in [0, 0.1) is 31.1 Å². The molecule has 0 unspecified atom stereocenters. The van der Waals surface area contributed by atoms with Gasteiger partial charge in [0.25, 0.3) is 0 Å². The van der Waals surface area contributed by atoms with Gasteiger partial charge in [-0.05, 0) is 45.1 Å². The quantitative estimate of drug-likeness (QED) is 0.860. The first kappa shape index (κ1) is 14.7. The molecule has 0 saturated heterocycles. The zero-order chi connectivity index (χ0) is 15.1. The Morgan fingerprint density at radius 3 is 2.30 bits per heavy atom. The van der Waals surface area contributed by atoms with E-state index >= 15 is 0 Å². The number of hydrogen-bond donors (Lipinski definition) is 1. The molecule has 1 aliphatic carbocycles. The molecule has 1 aliphatic rings. The number of nitrogens with one attached hydrogen (secondary N) is 1. The van der Waals surface area contributed by atoms with Crippen molar-refractivity contribution in [2.75, 3.05) is 5.32 Å². The van der Waals surface area contributed by atoms with Crippen LogP contribution >= 0.6 is 0 Å². The fourth-order valence-electron chi connectivity index (χ4n) is 2.82. The molecule has 4 nitrogen and oxygen atoms in total. The maximum absolute atomic E-state index is 12.4. The van der Waals surface area contributed by atoms with Crippen molar-refractivity contribution >= 4 is 11.9 Å². The molecule has 1 fully saturated rings. The molecule has 0 bridgehead atoms. The van der Waals surface area contributed by atoms with E-state index in [2.05, 4.69) is 49.1 Å². The lowest BCUT2D eigenvalue weighted by Crippen LogP contribution is -2.19. The molecule has 1 saturated carbocycles. The summed E-state index contributed by atoms with van der Waals surface area (Å²) in [5, 5.41) is 2.85. The summed E-state index contributed by atoms with van der Waals surface area (Å²) in [5.41, 5.74) is 2.99. The largest absolute Gasteiger partial charge is 0.294 e. The Balaban J connectivity index is 2.12. The molecule has 1 aromatic rings. The van der Waals surface area contributed by atoms with E-state index in [-0.39, 0.29) is 17.2 Å². The van der Waals surface area contributed by atoms with Gasteiger partial charge in [-0.3, -0.25) is 10.1 Å². The van der Waals surface area contributed by atoms with Crippen molar-refractivity contribution in [1.82, 2.24) is 9.97 Å². The smallest absolute Gasteiger partial charge is 0.231 e. The molecule has 1 N–H and O–H groups in total. The van der Waals surface area contributed by atoms with E-state index < -0.39 is 0 Å². The van der Waals surface area contributed by atoms with Crippen molar-refractivity contribution in [2.45, 2.75) is 41.5 Å². The summed E-state index contributed by atoms with van der Waals surface area (Å²) in [7, 11) is 0. The van der Waals surface area contributed by atoms with Crippen molar-refractivity contribution in [3.63, 3.8) is 0 Å². The number of carbonyl (C=O) groups excluding carboxylic acids is 1. The van der Waals surface area contributed by atoms with Crippen LogP contribution < -0.4 is 5.32 Å². The molecule has 1 heterocycles. The Hall–Kier alpha value is -1.71. The van der Waals surface area contributed by atoms with Gasteiger partial charge in [-0.1, -0.05) is 25.5 Å². The second-order valence-electron chi connectivity index (χ2n) is 6.53. The van der Waals surface area contributed by atoms with Crippen LogP contribution in [0.2, 0.25) is 0 Å². The van der Waals surface area contributed by atoms with Crippen LogP contribution in [0.15, 0.2) is 17.7 Å². The van der Waals surface area contributed by atoms with E-state index in [0.29, 0.717) is 11.9 Å². The number of amides is 1. The molecule has 0 radical (unpaired) electrons. The highest BCUT2D eigenvalue weighted by atomic mass is 16.2. The number of aromatic nitrogens is 2. The molecule has 2 atom stereocenters. The normalized spacial score (nSPS) is 23.1. The lowest BCUT2D eigenvalue weighted by atomic mass is 10.1. The number of rotatable bonds is 3. The van der Waals surface area contributed by atoms with Gasteiger partial charge in [0, 0.05) is 11.4 Å². The highest BCUT2D eigenvalue weighted by Crippen LogP contribution is 2.59. The van der Waals surface area contributed by atoms with Gasteiger partial charge in [-0.2, -0.15) is 0 Å². The first-order valence-electron chi connectivity index (χ1n) is 7.00. The van der Waals surface area contributed by atoms with Gasteiger partial charge in [0.2, 0.25) is 11.9 Å². The van der Waals surface area contributed by atoms with Crippen molar-refractivity contribution < 1.29 is 4.79 Å². The summed E-state index contributed by atoms with van der Waals surface area (Å²) < 4.78 is 0. The predicted octanol–water partition coefficient (Wildman–Crippen LogP) is 3.27. The Labute approximate surface area is 120 Å². The topological polar surface area (TPSA) is 54.9 Å². The molecule has 0 aliphatic heterocycles. The fourth-order valence-corrected chi connectivity index (χ4v) is 2.82. The second kappa shape index (κ2) is 5.00. The minimum Gasteiger partial charge on any atom is -0.294 e. The van der Waals surface area contributed by atoms with E-state index in [1.54, 1.807) is 0 Å². The van der Waals surface area contributed by atoms with E-state index in [4.69, 9.17) is 0 Å². The first-order chi connectivity index (χ1) is 9.21. The summed E-state index contributed by atoms with van der Waals surface area (Å²) in [6.45, 7) is 12.2. The SMILES string of the molecule is CC(C)=C[C@@H]1[C@@H](C(=O)Nc2nc(C)cc(C)n2)C1(C)C. The van der Waals surface area contributed by atoms with Gasteiger partial charge in [-0.25, -0.2) is 9.97 Å². The Morgan fingerprint density at radius 1 is 1.25 bits per heavy atom. The maximum Gasteiger partial charge on any atom is 0.231 e. The third-order valence-electron chi connectivity index (χ3n) is 3.92. The Kier molecular flexibility index (Phi) is 3.67. The summed E-state index contributed by atoms with van der Waals surface area (Å²) in [4.78, 5) is 20.9. The minimum atomic E-state index is 0.00168. The van der Waals surface area contributed by atoms with Crippen molar-refractivity contribution in [2.24, 2.45) is 17.3 Å². The van der Waals surface area contributed by atoms with Crippen LogP contribution in [0.1, 0.15) is 39.1 Å². The average molecular weight is 273 g/mol. The van der Waals surface area contributed by atoms with Crippen molar-refractivity contribution in [3.05, 3.63) is 29.1 Å². The van der Waals surface area contributed by atoms with Crippen molar-refractivity contribution in [1.29, 1.82) is 0 Å². The first-order valence-corrected chi connectivity index (χ1v) is 7.00. The van der Waals surface area contributed by atoms with Gasteiger partial charge in [-0.15, -0.1) is 0 Å². The van der Waals surface area contributed by atoms with Crippen LogP contribution in [0.25, 0.3) is 0 Å². The van der Waals surface area contributed by atoms with Gasteiger partial charge in [0.15, 0.2) is 0 Å². The third-order valence-corrected chi connectivity index (χ3v) is 3.92. The second-order valence-corrected chi connectivity index (χ2v) is 6.53. The molecular formula is C16H23N3O. The minimum absolute atomic E-state index is 0.00168. The monoisotopic (exact) mass is 273 g/mol. The number of aryl methyl sites for hydroxylation is 2. The zero-order valence-electron chi connectivity index (χ0n) is 13.1. The predicted molar refractivity (Wildman–Crippen MR) is 80.3 cm³/mol. The molecule has 4 heteroatoms. The van der Waals surface area contributed by atoms with Gasteiger partial charge in [0.1, 0.15) is 0 Å². The zero-order valence-corrected chi connectivity index (χ0v) is 13.1. The molecule has 1 amide bonds. The fraction of sp³-hybridized carbons (Fsp3) is 0.562. The van der Waals surface area contributed by atoms with Gasteiger partial charge >= 0.3 is 0 Å². The summed E-state index contributed by atoms with van der Waals surface area (Å²) in [6, 6.07) is 1.89. The van der Waals surface area contributed by atoms with Crippen LogP contribution in [-0.4, -0.2) is 15.9 Å². The van der Waals surface area contributed by atoms with E-state index in [1.165, 1.54) is 5.57 Å². The number of carbonyl (C=O) groups is 1. The lowest BCUT2D eigenvalue weighted by Gasteiger charge is -2.06. The molecule has 1 aromatic heterocycles. The number of hydrogen-bond acceptors (Lipinski definition) is 3. The van der Waals surface area contributed by atoms with Gasteiger partial charge in [0.05, 0.1) is 5.92 Å². The maximum atomic E-state index is 12.4. The molecule has 20 heavy (non-hydrogen) atoms.